The van der Waals surface area contributed by atoms with Crippen molar-refractivity contribution in [1.29, 1.82) is 0 Å². The van der Waals surface area contributed by atoms with E-state index >= 15 is 0 Å². The minimum absolute atomic E-state index is 0.262. The summed E-state index contributed by atoms with van der Waals surface area (Å²) in [5.74, 6) is 1.02. The topological polar surface area (TPSA) is 116 Å². The highest BCUT2D eigenvalue weighted by Crippen LogP contribution is 2.15. The largest absolute Gasteiger partial charge is 0.444 e. The highest BCUT2D eigenvalue weighted by atomic mass is 16.6. The zero-order valence-electron chi connectivity index (χ0n) is 15.2. The number of ether oxygens (including phenoxy) is 1. The molecule has 9 nitrogen and oxygen atoms in total. The smallest absolute Gasteiger partial charge is 0.407 e. The van der Waals surface area contributed by atoms with Gasteiger partial charge in [-0.1, -0.05) is 24.3 Å². The third-order valence-electron chi connectivity index (χ3n) is 3.29. The summed E-state index contributed by atoms with van der Waals surface area (Å²) in [7, 11) is 0. The molecule has 0 aliphatic heterocycles. The molecule has 3 rings (SSSR count). The Bertz CT molecular complexity index is 892. The van der Waals surface area contributed by atoms with Crippen molar-refractivity contribution in [3.05, 3.63) is 48.3 Å². The molecule has 0 fully saturated rings. The van der Waals surface area contributed by atoms with Crippen molar-refractivity contribution in [2.24, 2.45) is 0 Å². The van der Waals surface area contributed by atoms with Gasteiger partial charge in [0, 0.05) is 24.5 Å². The highest BCUT2D eigenvalue weighted by Gasteiger charge is 2.15. The molecule has 0 bridgehead atoms. The van der Waals surface area contributed by atoms with Crippen molar-refractivity contribution in [2.75, 3.05) is 0 Å². The molecule has 2 heterocycles. The van der Waals surface area contributed by atoms with Crippen LogP contribution in [0.1, 0.15) is 26.3 Å². The molecule has 3 aromatic rings. The number of hydrogen-bond donors (Lipinski definition) is 1. The number of aromatic nitrogens is 6. The Morgan fingerprint density at radius 3 is 2.11 bits per heavy atom. The van der Waals surface area contributed by atoms with Gasteiger partial charge in [-0.05, 0) is 32.4 Å². The number of rotatable bonds is 4. The van der Waals surface area contributed by atoms with E-state index in [1.807, 2.05) is 45.0 Å². The number of carbonyl (C=O) groups is 1. The molecule has 0 atom stereocenters. The first kappa shape index (κ1) is 18.3. The second kappa shape index (κ2) is 7.81. The average molecular weight is 365 g/mol. The van der Waals surface area contributed by atoms with Gasteiger partial charge in [-0.15, -0.1) is 20.4 Å². The van der Waals surface area contributed by atoms with E-state index in [2.05, 4.69) is 35.7 Å². The zero-order chi connectivity index (χ0) is 19.3. The lowest BCUT2D eigenvalue weighted by Gasteiger charge is -2.19. The van der Waals surface area contributed by atoms with Crippen LogP contribution in [0.15, 0.2) is 42.7 Å². The van der Waals surface area contributed by atoms with Crippen molar-refractivity contribution in [1.82, 2.24) is 35.7 Å². The van der Waals surface area contributed by atoms with Crippen LogP contribution in [-0.2, 0) is 11.3 Å². The molecule has 1 amide bonds. The normalized spacial score (nSPS) is 11.1. The van der Waals surface area contributed by atoms with E-state index in [4.69, 9.17) is 4.74 Å². The molecule has 0 spiro atoms. The number of benzene rings is 1. The van der Waals surface area contributed by atoms with Gasteiger partial charge in [0.2, 0.25) is 17.5 Å². The summed E-state index contributed by atoms with van der Waals surface area (Å²) in [4.78, 5) is 19.8. The number of nitrogens with one attached hydrogen (secondary N) is 1. The predicted molar refractivity (Wildman–Crippen MR) is 97.2 cm³/mol. The number of amides is 1. The van der Waals surface area contributed by atoms with Crippen LogP contribution in [0, 0.1) is 0 Å². The lowest BCUT2D eigenvalue weighted by molar-refractivity contribution is 0.0523. The predicted octanol–water partition coefficient (Wildman–Crippen LogP) is 2.42. The summed E-state index contributed by atoms with van der Waals surface area (Å²) in [5.41, 5.74) is 1.15. The zero-order valence-corrected chi connectivity index (χ0v) is 15.2. The lowest BCUT2D eigenvalue weighted by Crippen LogP contribution is -2.32. The van der Waals surface area contributed by atoms with Gasteiger partial charge in [-0.2, -0.15) is 0 Å². The second-order valence-corrected chi connectivity index (χ2v) is 6.67. The maximum atomic E-state index is 11.7. The Labute approximate surface area is 156 Å². The van der Waals surface area contributed by atoms with Crippen molar-refractivity contribution in [2.45, 2.75) is 32.9 Å². The minimum atomic E-state index is -0.526. The monoisotopic (exact) mass is 365 g/mol. The molecule has 9 heteroatoms. The highest BCUT2D eigenvalue weighted by molar-refractivity contribution is 5.67. The van der Waals surface area contributed by atoms with Crippen LogP contribution in [0.2, 0.25) is 0 Å². The first-order chi connectivity index (χ1) is 12.9. The minimum Gasteiger partial charge on any atom is -0.444 e. The third-order valence-corrected chi connectivity index (χ3v) is 3.29. The van der Waals surface area contributed by atoms with E-state index in [-0.39, 0.29) is 5.82 Å². The maximum absolute atomic E-state index is 11.7. The summed E-state index contributed by atoms with van der Waals surface area (Å²) in [6.45, 7) is 5.81. The van der Waals surface area contributed by atoms with Crippen LogP contribution in [-0.4, -0.2) is 42.1 Å². The summed E-state index contributed by atoms with van der Waals surface area (Å²) < 4.78 is 5.20. The molecule has 0 aliphatic rings. The molecule has 27 heavy (non-hydrogen) atoms. The van der Waals surface area contributed by atoms with Crippen LogP contribution in [0.5, 0.6) is 0 Å². The van der Waals surface area contributed by atoms with E-state index in [1.54, 1.807) is 18.5 Å². The number of hydrogen-bond acceptors (Lipinski definition) is 8. The van der Waals surface area contributed by atoms with Gasteiger partial charge in [0.05, 0.1) is 0 Å². The van der Waals surface area contributed by atoms with Crippen molar-refractivity contribution < 1.29 is 9.53 Å². The Balaban J connectivity index is 1.63. The van der Waals surface area contributed by atoms with Gasteiger partial charge >= 0.3 is 6.09 Å². The van der Waals surface area contributed by atoms with Crippen molar-refractivity contribution in [3.63, 3.8) is 0 Å². The second-order valence-electron chi connectivity index (χ2n) is 6.67. The fraction of sp³-hybridized carbons (Fsp3) is 0.278. The molecular formula is C18H19N7O2. The van der Waals surface area contributed by atoms with E-state index in [1.165, 1.54) is 0 Å². The van der Waals surface area contributed by atoms with Gasteiger partial charge in [0.25, 0.3) is 0 Å². The maximum Gasteiger partial charge on any atom is 0.407 e. The molecule has 1 N–H and O–H groups in total. The summed E-state index contributed by atoms with van der Waals surface area (Å²) in [6.07, 6.45) is 2.75. The first-order valence-corrected chi connectivity index (χ1v) is 8.32. The van der Waals surface area contributed by atoms with Crippen LogP contribution in [0.25, 0.3) is 23.0 Å². The van der Waals surface area contributed by atoms with Gasteiger partial charge in [0.1, 0.15) is 5.60 Å². The SMILES string of the molecule is CC(C)(C)OC(=O)NCc1ccc(-c2nnc(-c3ncccn3)nn2)cc1. The van der Waals surface area contributed by atoms with Gasteiger partial charge in [-0.25, -0.2) is 14.8 Å². The fourth-order valence-electron chi connectivity index (χ4n) is 2.11. The van der Waals surface area contributed by atoms with Gasteiger partial charge in [0.15, 0.2) is 0 Å². The van der Waals surface area contributed by atoms with Gasteiger partial charge < -0.3 is 10.1 Å². The Morgan fingerprint density at radius 2 is 1.52 bits per heavy atom. The van der Waals surface area contributed by atoms with Crippen molar-refractivity contribution in [3.8, 4) is 23.0 Å². The van der Waals surface area contributed by atoms with E-state index in [0.717, 1.165) is 11.1 Å². The molecule has 138 valence electrons. The average Bonchev–Trinajstić information content (AvgIpc) is 2.66. The molecule has 0 radical (unpaired) electrons. The van der Waals surface area contributed by atoms with E-state index in [9.17, 15) is 4.79 Å². The van der Waals surface area contributed by atoms with Crippen LogP contribution in [0.4, 0.5) is 4.79 Å². The molecular weight excluding hydrogens is 346 g/mol. The third kappa shape index (κ3) is 5.24. The molecule has 0 saturated heterocycles. The number of nitrogens with zero attached hydrogens (tertiary/aromatic N) is 6. The Hall–Kier alpha value is -3.49. The Morgan fingerprint density at radius 1 is 0.926 bits per heavy atom. The molecule has 0 saturated carbocycles. The van der Waals surface area contributed by atoms with Crippen molar-refractivity contribution >= 4 is 6.09 Å². The number of carbonyl (C=O) groups excluding carboxylic acids is 1. The molecule has 1 aromatic carbocycles. The van der Waals surface area contributed by atoms with Crippen LogP contribution >= 0.6 is 0 Å². The summed E-state index contributed by atoms with van der Waals surface area (Å²) >= 11 is 0. The quantitative estimate of drug-likeness (QED) is 0.749. The first-order valence-electron chi connectivity index (χ1n) is 8.32. The standard InChI is InChI=1S/C18H19N7O2/c1-18(2,3)27-17(26)21-11-12-5-7-13(8-6-12)14-22-24-16(25-23-14)15-19-9-4-10-20-15/h4-10H,11H2,1-3H3,(H,21,26). The lowest BCUT2D eigenvalue weighted by atomic mass is 10.1. The number of alkyl carbamates (subject to hydrolysis) is 1. The van der Waals surface area contributed by atoms with E-state index in [0.29, 0.717) is 18.2 Å². The molecule has 0 aliphatic carbocycles. The van der Waals surface area contributed by atoms with E-state index < -0.39 is 11.7 Å². The molecule has 0 unspecified atom stereocenters. The fourth-order valence-corrected chi connectivity index (χ4v) is 2.11. The Kier molecular flexibility index (Phi) is 5.30. The summed E-state index contributed by atoms with van der Waals surface area (Å²) in [6, 6.07) is 9.11. The summed E-state index contributed by atoms with van der Waals surface area (Å²) in [5, 5.41) is 18.9. The van der Waals surface area contributed by atoms with Gasteiger partial charge in [-0.3, -0.25) is 0 Å². The van der Waals surface area contributed by atoms with Crippen LogP contribution in [0.3, 0.4) is 0 Å². The van der Waals surface area contributed by atoms with Crippen LogP contribution < -0.4 is 5.32 Å². The molecule has 2 aromatic heterocycles.